The summed E-state index contributed by atoms with van der Waals surface area (Å²) in [6, 6.07) is 8.65. The molecule has 51 heavy (non-hydrogen) atoms. The zero-order chi connectivity index (χ0) is 37.8. The molecule has 0 spiro atoms. The van der Waals surface area contributed by atoms with E-state index in [2.05, 4.69) is 36.6 Å². The van der Waals surface area contributed by atoms with Crippen molar-refractivity contribution in [2.24, 2.45) is 5.73 Å². The predicted octanol–water partition coefficient (Wildman–Crippen LogP) is 11.5. The van der Waals surface area contributed by atoms with E-state index in [9.17, 15) is 48.1 Å². The summed E-state index contributed by atoms with van der Waals surface area (Å²) in [5.41, 5.74) is 3.11. The van der Waals surface area contributed by atoms with Crippen LogP contribution >= 0.6 is 44.3 Å². The topological polar surface area (TPSA) is 73.6 Å². The summed E-state index contributed by atoms with van der Waals surface area (Å²) in [4.78, 5) is 0. The zero-order valence-corrected chi connectivity index (χ0v) is 31.1. The van der Waals surface area contributed by atoms with E-state index < -0.39 is 74.0 Å². The Balaban J connectivity index is 0.000000356. The molecular formula is C32H27Br2ClF10N2O3S. The maximum Gasteiger partial charge on any atom is 0.416 e. The highest BCUT2D eigenvalue weighted by molar-refractivity contribution is 9.10. The van der Waals surface area contributed by atoms with Gasteiger partial charge in [-0.3, -0.25) is 0 Å². The van der Waals surface area contributed by atoms with Crippen molar-refractivity contribution in [3.63, 3.8) is 0 Å². The molecule has 5 nitrogen and oxygen atoms in total. The Morgan fingerprint density at radius 2 is 1.04 bits per heavy atom. The van der Waals surface area contributed by atoms with E-state index >= 15 is 0 Å². The molecule has 0 aliphatic heterocycles. The number of halogens is 13. The fourth-order valence-corrected chi connectivity index (χ4v) is 5.44. The average molecular weight is 905 g/mol. The zero-order valence-electron chi connectivity index (χ0n) is 26.3. The lowest BCUT2D eigenvalue weighted by Crippen LogP contribution is -2.33. The van der Waals surface area contributed by atoms with Crippen LogP contribution in [0, 0.1) is 23.3 Å². The Morgan fingerprint density at radius 1 is 0.647 bits per heavy atom. The summed E-state index contributed by atoms with van der Waals surface area (Å²) >= 11 is 5.84. The standard InChI is InChI=1S/C18H17BrF5NO2S.C14H9BrF5NO.ClH/c1-17(2,3)28(26)25-9-10-4-15(21)16(8-14(10)20)27-13-6-11(18(22,23)24)5-12(19)7-13;15-9-2-8(14(18,19)20)3-10(4-9)22-13-5-11(16)7(6-21)1-12(13)17;/h4-8,25H,9H2,1-3H3;1-5H,6,21H2;1H. The molecule has 4 rings (SSSR count). The minimum Gasteiger partial charge on any atom is -0.454 e. The van der Waals surface area contributed by atoms with Crippen molar-refractivity contribution in [2.75, 3.05) is 0 Å². The summed E-state index contributed by atoms with van der Waals surface area (Å²) in [5.74, 6) is -5.21. The molecule has 0 aliphatic carbocycles. The van der Waals surface area contributed by atoms with Crippen molar-refractivity contribution >= 4 is 55.3 Å². The lowest BCUT2D eigenvalue weighted by molar-refractivity contribution is -0.138. The largest absolute Gasteiger partial charge is 0.454 e. The third-order valence-electron chi connectivity index (χ3n) is 6.22. The van der Waals surface area contributed by atoms with E-state index in [1.165, 1.54) is 12.1 Å². The van der Waals surface area contributed by atoms with Gasteiger partial charge in [-0.15, -0.1) is 12.4 Å². The highest BCUT2D eigenvalue weighted by atomic mass is 79.9. The summed E-state index contributed by atoms with van der Waals surface area (Å²) in [7, 11) is -1.49. The molecular weight excluding hydrogens is 878 g/mol. The molecule has 0 radical (unpaired) electrons. The second-order valence-electron chi connectivity index (χ2n) is 11.2. The number of benzene rings is 4. The first-order valence-electron chi connectivity index (χ1n) is 13.9. The highest BCUT2D eigenvalue weighted by Crippen LogP contribution is 2.38. The second kappa shape index (κ2) is 17.7. The van der Waals surface area contributed by atoms with Crippen LogP contribution in [0.4, 0.5) is 43.9 Å². The van der Waals surface area contributed by atoms with Crippen LogP contribution in [0.25, 0.3) is 0 Å². The molecule has 0 fully saturated rings. The minimum atomic E-state index is -4.62. The normalized spacial score (nSPS) is 12.4. The first kappa shape index (κ1) is 44.3. The van der Waals surface area contributed by atoms with Crippen molar-refractivity contribution in [3.05, 3.63) is 115 Å². The van der Waals surface area contributed by atoms with Crippen molar-refractivity contribution in [1.82, 2.24) is 4.72 Å². The van der Waals surface area contributed by atoms with E-state index in [1.807, 2.05) is 0 Å². The maximum absolute atomic E-state index is 14.3. The molecule has 4 aromatic rings. The number of rotatable bonds is 8. The molecule has 1 atom stereocenters. The number of nitrogens with two attached hydrogens (primary N) is 1. The van der Waals surface area contributed by atoms with Gasteiger partial charge in [0, 0.05) is 45.3 Å². The number of hydrogen-bond acceptors (Lipinski definition) is 4. The summed E-state index contributed by atoms with van der Waals surface area (Å²) in [6.45, 7) is 4.76. The van der Waals surface area contributed by atoms with Crippen LogP contribution < -0.4 is 19.9 Å². The van der Waals surface area contributed by atoms with Gasteiger partial charge in [-0.1, -0.05) is 31.9 Å². The van der Waals surface area contributed by atoms with Gasteiger partial charge in [0.2, 0.25) is 0 Å². The Labute approximate surface area is 311 Å². The van der Waals surface area contributed by atoms with Gasteiger partial charge < -0.3 is 15.2 Å². The third kappa shape index (κ3) is 12.9. The van der Waals surface area contributed by atoms with Crippen LogP contribution in [0.1, 0.15) is 43.0 Å². The van der Waals surface area contributed by atoms with Gasteiger partial charge in [-0.2, -0.15) is 26.3 Å². The quantitative estimate of drug-likeness (QED) is 0.173. The molecule has 3 N–H and O–H groups in total. The molecule has 0 bridgehead atoms. The van der Waals surface area contributed by atoms with Gasteiger partial charge in [-0.25, -0.2) is 26.5 Å². The van der Waals surface area contributed by atoms with Crippen molar-refractivity contribution in [1.29, 1.82) is 0 Å². The highest BCUT2D eigenvalue weighted by Gasteiger charge is 2.32. The van der Waals surface area contributed by atoms with E-state index in [1.54, 1.807) is 20.8 Å². The Kier molecular flexibility index (Phi) is 15.4. The van der Waals surface area contributed by atoms with Crippen LogP contribution in [0.2, 0.25) is 0 Å². The molecule has 0 aliphatic rings. The van der Waals surface area contributed by atoms with E-state index in [-0.39, 0.29) is 57.1 Å². The molecule has 0 heterocycles. The van der Waals surface area contributed by atoms with Gasteiger partial charge in [0.1, 0.15) is 23.1 Å². The van der Waals surface area contributed by atoms with Crippen LogP contribution in [-0.4, -0.2) is 8.96 Å². The van der Waals surface area contributed by atoms with Crippen LogP contribution in [0.15, 0.2) is 69.6 Å². The minimum absolute atomic E-state index is 0. The average Bonchev–Trinajstić information content (AvgIpc) is 2.98. The van der Waals surface area contributed by atoms with Crippen molar-refractivity contribution < 1.29 is 57.6 Å². The Bertz CT molecular complexity index is 1870. The third-order valence-corrected chi connectivity index (χ3v) is 8.66. The molecule has 0 aromatic heterocycles. The van der Waals surface area contributed by atoms with E-state index in [4.69, 9.17) is 15.2 Å². The lowest BCUT2D eigenvalue weighted by Gasteiger charge is -2.18. The summed E-state index contributed by atoms with van der Waals surface area (Å²) in [5, 5.41) is 0. The molecule has 0 amide bonds. The summed E-state index contributed by atoms with van der Waals surface area (Å²) in [6.07, 6.45) is -9.21. The van der Waals surface area contributed by atoms with E-state index in [0.717, 1.165) is 36.4 Å². The van der Waals surface area contributed by atoms with Gasteiger partial charge in [0.15, 0.2) is 23.1 Å². The SMILES string of the molecule is CC(C)(C)S(=O)NCc1cc(F)c(Oc2cc(Br)cc(C(F)(F)F)c2)cc1F.Cl.NCc1cc(F)c(Oc2cc(Br)cc(C(F)(F)F)c2)cc1F. The second-order valence-corrected chi connectivity index (χ2v) is 15.1. The lowest BCUT2D eigenvalue weighted by atomic mass is 10.2. The number of alkyl halides is 6. The Morgan fingerprint density at radius 3 is 1.41 bits per heavy atom. The monoisotopic (exact) mass is 902 g/mol. The van der Waals surface area contributed by atoms with E-state index in [0.29, 0.717) is 12.1 Å². The molecule has 0 saturated carbocycles. The first-order chi connectivity index (χ1) is 23.0. The van der Waals surface area contributed by atoms with Crippen LogP contribution in [0.5, 0.6) is 23.0 Å². The number of nitrogens with one attached hydrogen (secondary N) is 1. The van der Waals surface area contributed by atoms with Gasteiger partial charge in [-0.05, 0) is 69.3 Å². The molecule has 19 heteroatoms. The smallest absolute Gasteiger partial charge is 0.416 e. The van der Waals surface area contributed by atoms with Crippen LogP contribution in [-0.2, 0) is 36.4 Å². The fourth-order valence-electron chi connectivity index (χ4n) is 3.77. The molecule has 0 saturated heterocycles. The molecule has 280 valence electrons. The molecule has 4 aromatic carbocycles. The van der Waals surface area contributed by atoms with Gasteiger partial charge in [0.25, 0.3) is 0 Å². The summed E-state index contributed by atoms with van der Waals surface area (Å²) < 4.78 is 157. The molecule has 1 unspecified atom stereocenters. The van der Waals surface area contributed by atoms with Crippen molar-refractivity contribution in [2.45, 2.75) is 51.0 Å². The number of hydrogen-bond donors (Lipinski definition) is 2. The van der Waals surface area contributed by atoms with Gasteiger partial charge in [0.05, 0.1) is 26.9 Å². The van der Waals surface area contributed by atoms with Crippen LogP contribution in [0.3, 0.4) is 0 Å². The Hall–Kier alpha value is -2.90. The maximum atomic E-state index is 14.3. The van der Waals surface area contributed by atoms with Gasteiger partial charge >= 0.3 is 12.4 Å². The fraction of sp³-hybridized carbons (Fsp3) is 0.250. The number of ether oxygens (including phenoxy) is 2. The first-order valence-corrected chi connectivity index (χ1v) is 16.6. The predicted molar refractivity (Wildman–Crippen MR) is 181 cm³/mol. The van der Waals surface area contributed by atoms with Crippen molar-refractivity contribution in [3.8, 4) is 23.0 Å².